The molecule has 0 amide bonds. The predicted molar refractivity (Wildman–Crippen MR) is 74.0 cm³/mol. The van der Waals surface area contributed by atoms with E-state index >= 15 is 0 Å². The van der Waals surface area contributed by atoms with Gasteiger partial charge in [0.25, 0.3) is 0 Å². The molecule has 0 N–H and O–H groups in total. The number of ketones is 1. The third-order valence-electron chi connectivity index (χ3n) is 2.90. The van der Waals surface area contributed by atoms with Gasteiger partial charge >= 0.3 is 5.97 Å². The molecule has 4 nitrogen and oxygen atoms in total. The van der Waals surface area contributed by atoms with Gasteiger partial charge in [-0.05, 0) is 36.4 Å². The van der Waals surface area contributed by atoms with Crippen LogP contribution in [0.2, 0.25) is 0 Å². The largest absolute Gasteiger partial charge is 0.497 e. The summed E-state index contributed by atoms with van der Waals surface area (Å²) in [5.74, 6) is -2.73. The number of ether oxygens (including phenoxy) is 2. The molecule has 0 unspecified atom stereocenters. The van der Waals surface area contributed by atoms with Gasteiger partial charge in [0.05, 0.1) is 12.7 Å². The van der Waals surface area contributed by atoms with Crippen LogP contribution in [0.1, 0.15) is 20.7 Å². The van der Waals surface area contributed by atoms with Crippen molar-refractivity contribution in [1.29, 1.82) is 0 Å². The fourth-order valence-electron chi connectivity index (χ4n) is 1.72. The number of methoxy groups -OCH3 is 1. The van der Waals surface area contributed by atoms with Gasteiger partial charge in [-0.25, -0.2) is 13.6 Å². The molecule has 0 saturated heterocycles. The van der Waals surface area contributed by atoms with Crippen molar-refractivity contribution in [2.75, 3.05) is 13.7 Å². The molecule has 6 heteroatoms. The van der Waals surface area contributed by atoms with E-state index in [-0.39, 0.29) is 0 Å². The molecule has 2 aromatic rings. The van der Waals surface area contributed by atoms with Crippen LogP contribution in [0.4, 0.5) is 8.78 Å². The van der Waals surface area contributed by atoms with Gasteiger partial charge in [0, 0.05) is 11.6 Å². The molecule has 0 heterocycles. The molecule has 22 heavy (non-hydrogen) atoms. The second-order valence-electron chi connectivity index (χ2n) is 4.35. The lowest BCUT2D eigenvalue weighted by Crippen LogP contribution is -2.15. The van der Waals surface area contributed by atoms with Crippen LogP contribution >= 0.6 is 0 Å². The van der Waals surface area contributed by atoms with E-state index in [1.165, 1.54) is 19.2 Å². The Morgan fingerprint density at radius 2 is 1.73 bits per heavy atom. The summed E-state index contributed by atoms with van der Waals surface area (Å²) in [7, 11) is 1.50. The van der Waals surface area contributed by atoms with Gasteiger partial charge in [-0.1, -0.05) is 0 Å². The summed E-state index contributed by atoms with van der Waals surface area (Å²) in [4.78, 5) is 23.5. The highest BCUT2D eigenvalue weighted by Crippen LogP contribution is 2.13. The third-order valence-corrected chi connectivity index (χ3v) is 2.90. The first-order chi connectivity index (χ1) is 10.5. The minimum Gasteiger partial charge on any atom is -0.497 e. The van der Waals surface area contributed by atoms with Gasteiger partial charge in [0.2, 0.25) is 0 Å². The normalized spacial score (nSPS) is 10.1. The summed E-state index contributed by atoms with van der Waals surface area (Å²) in [5, 5.41) is 0. The Labute approximate surface area is 125 Å². The maximum Gasteiger partial charge on any atom is 0.341 e. The zero-order valence-corrected chi connectivity index (χ0v) is 11.6. The van der Waals surface area contributed by atoms with Crippen molar-refractivity contribution in [3.05, 3.63) is 65.2 Å². The zero-order valence-electron chi connectivity index (χ0n) is 11.6. The Morgan fingerprint density at radius 1 is 1.05 bits per heavy atom. The standard InChI is InChI=1S/C16H12F2O4/c1-21-12-5-2-10(3-6-12)15(19)9-22-16(20)13-7-4-11(17)8-14(13)18/h2-8H,9H2,1H3. The molecule has 0 saturated carbocycles. The molecule has 114 valence electrons. The Hall–Kier alpha value is -2.76. The minimum absolute atomic E-state index is 0.327. The molecule has 0 spiro atoms. The van der Waals surface area contributed by atoms with Gasteiger partial charge < -0.3 is 9.47 Å². The number of Topliss-reactive ketones (excluding diaryl/α,β-unsaturated/α-hetero) is 1. The Bertz CT molecular complexity index is 696. The van der Waals surface area contributed by atoms with Crippen molar-refractivity contribution < 1.29 is 27.8 Å². The summed E-state index contributed by atoms with van der Waals surface area (Å²) >= 11 is 0. The lowest BCUT2D eigenvalue weighted by atomic mass is 10.1. The summed E-state index contributed by atoms with van der Waals surface area (Å²) in [6, 6.07) is 8.70. The van der Waals surface area contributed by atoms with Crippen molar-refractivity contribution in [3.8, 4) is 5.75 Å². The van der Waals surface area contributed by atoms with E-state index < -0.39 is 35.6 Å². The number of rotatable bonds is 5. The molecule has 0 aromatic heterocycles. The van der Waals surface area contributed by atoms with Crippen molar-refractivity contribution in [2.24, 2.45) is 0 Å². The van der Waals surface area contributed by atoms with Crippen LogP contribution in [0.5, 0.6) is 5.75 Å². The van der Waals surface area contributed by atoms with Crippen LogP contribution in [0.25, 0.3) is 0 Å². The molecule has 0 aliphatic rings. The quantitative estimate of drug-likeness (QED) is 0.629. The molecule has 0 bridgehead atoms. The van der Waals surface area contributed by atoms with Gasteiger partial charge in [-0.2, -0.15) is 0 Å². The number of esters is 1. The highest BCUT2D eigenvalue weighted by atomic mass is 19.1. The first-order valence-corrected chi connectivity index (χ1v) is 6.30. The first-order valence-electron chi connectivity index (χ1n) is 6.30. The second-order valence-corrected chi connectivity index (χ2v) is 4.35. The number of hydrogen-bond acceptors (Lipinski definition) is 4. The van der Waals surface area contributed by atoms with Crippen LogP contribution < -0.4 is 4.74 Å². The molecule has 0 atom stereocenters. The lowest BCUT2D eigenvalue weighted by Gasteiger charge is -2.06. The molecular formula is C16H12F2O4. The van der Waals surface area contributed by atoms with E-state index in [1.807, 2.05) is 0 Å². The highest BCUT2D eigenvalue weighted by Gasteiger charge is 2.16. The van der Waals surface area contributed by atoms with Crippen molar-refractivity contribution in [1.82, 2.24) is 0 Å². The average Bonchev–Trinajstić information content (AvgIpc) is 2.52. The van der Waals surface area contributed by atoms with E-state index in [0.29, 0.717) is 17.4 Å². The molecule has 2 rings (SSSR count). The van der Waals surface area contributed by atoms with Crippen LogP contribution in [-0.4, -0.2) is 25.5 Å². The molecule has 0 aliphatic heterocycles. The number of hydrogen-bond donors (Lipinski definition) is 0. The Kier molecular flexibility index (Phi) is 4.83. The van der Waals surface area contributed by atoms with Crippen LogP contribution in [0, 0.1) is 11.6 Å². The monoisotopic (exact) mass is 306 g/mol. The Balaban J connectivity index is 1.99. The number of carbonyl (C=O) groups excluding carboxylic acids is 2. The maximum absolute atomic E-state index is 13.4. The summed E-state index contributed by atoms with van der Waals surface area (Å²) in [6.07, 6.45) is 0. The fourth-order valence-corrected chi connectivity index (χ4v) is 1.72. The van der Waals surface area contributed by atoms with Crippen LogP contribution in [-0.2, 0) is 4.74 Å². The van der Waals surface area contributed by atoms with Crippen LogP contribution in [0.3, 0.4) is 0 Å². The number of halogens is 2. The van der Waals surface area contributed by atoms with E-state index in [4.69, 9.17) is 9.47 Å². The van der Waals surface area contributed by atoms with Gasteiger partial charge in [-0.3, -0.25) is 4.79 Å². The zero-order chi connectivity index (χ0) is 16.1. The van der Waals surface area contributed by atoms with Crippen molar-refractivity contribution >= 4 is 11.8 Å². The SMILES string of the molecule is COc1ccc(C(=O)COC(=O)c2ccc(F)cc2F)cc1. The molecule has 2 aromatic carbocycles. The van der Waals surface area contributed by atoms with Gasteiger partial charge in [-0.15, -0.1) is 0 Å². The van der Waals surface area contributed by atoms with E-state index in [2.05, 4.69) is 0 Å². The number of benzene rings is 2. The summed E-state index contributed by atoms with van der Waals surface area (Å²) in [5.41, 5.74) is -0.0999. The molecule has 0 fully saturated rings. The maximum atomic E-state index is 13.4. The molecular weight excluding hydrogens is 294 g/mol. The average molecular weight is 306 g/mol. The van der Waals surface area contributed by atoms with Gasteiger partial charge in [0.15, 0.2) is 12.4 Å². The van der Waals surface area contributed by atoms with E-state index in [1.54, 1.807) is 12.1 Å². The second kappa shape index (κ2) is 6.80. The van der Waals surface area contributed by atoms with Crippen LogP contribution in [0.15, 0.2) is 42.5 Å². The van der Waals surface area contributed by atoms with Gasteiger partial charge in [0.1, 0.15) is 17.4 Å². The lowest BCUT2D eigenvalue weighted by molar-refractivity contribution is 0.0470. The number of carbonyl (C=O) groups is 2. The van der Waals surface area contributed by atoms with Crippen molar-refractivity contribution in [3.63, 3.8) is 0 Å². The molecule has 0 radical (unpaired) electrons. The van der Waals surface area contributed by atoms with Crippen molar-refractivity contribution in [2.45, 2.75) is 0 Å². The van der Waals surface area contributed by atoms with E-state index in [0.717, 1.165) is 12.1 Å². The molecule has 0 aliphatic carbocycles. The smallest absolute Gasteiger partial charge is 0.341 e. The Morgan fingerprint density at radius 3 is 2.32 bits per heavy atom. The summed E-state index contributed by atoms with van der Waals surface area (Å²) < 4.78 is 35.8. The summed E-state index contributed by atoms with van der Waals surface area (Å²) in [6.45, 7) is -0.540. The topological polar surface area (TPSA) is 52.6 Å². The first kappa shape index (κ1) is 15.6. The minimum atomic E-state index is -1.04. The van der Waals surface area contributed by atoms with E-state index in [9.17, 15) is 18.4 Å². The third kappa shape index (κ3) is 3.66. The fraction of sp³-hybridized carbons (Fsp3) is 0.125. The predicted octanol–water partition coefficient (Wildman–Crippen LogP) is 3.01. The highest BCUT2D eigenvalue weighted by molar-refractivity contribution is 5.99.